The van der Waals surface area contributed by atoms with Crippen molar-refractivity contribution in [3.05, 3.63) is 83.4 Å². The van der Waals surface area contributed by atoms with Crippen molar-refractivity contribution in [3.8, 4) is 11.5 Å². The molecule has 3 aromatic rings. The third-order valence-corrected chi connectivity index (χ3v) is 7.71. The van der Waals surface area contributed by atoms with Crippen LogP contribution in [0.25, 0.3) is 0 Å². The highest BCUT2D eigenvalue weighted by Crippen LogP contribution is 2.39. The first-order valence-electron chi connectivity index (χ1n) is 14.0. The number of carbonyl (C=O) groups is 2. The number of methoxy groups -OCH3 is 2. The average molecular weight is 578 g/mol. The lowest BCUT2D eigenvalue weighted by atomic mass is 9.99. The van der Waals surface area contributed by atoms with Crippen molar-refractivity contribution in [3.63, 3.8) is 0 Å². The molecule has 2 amide bonds. The topological polar surface area (TPSA) is 88.8 Å². The molecule has 1 atom stereocenters. The number of nitrogens with zero attached hydrogens (tertiary/aromatic N) is 5. The van der Waals surface area contributed by atoms with Crippen molar-refractivity contribution in [2.24, 2.45) is 12.1 Å². The number of benzene rings is 2. The van der Waals surface area contributed by atoms with Gasteiger partial charge in [0.25, 0.3) is 11.8 Å². The number of ether oxygens (including phenoxy) is 3. The predicted octanol–water partition coefficient (Wildman–Crippen LogP) is 3.33. The van der Waals surface area contributed by atoms with Gasteiger partial charge in [-0.3, -0.25) is 14.5 Å². The summed E-state index contributed by atoms with van der Waals surface area (Å²) < 4.78 is 33.2. The van der Waals surface area contributed by atoms with E-state index in [2.05, 4.69) is 4.90 Å². The Hall–Kier alpha value is -4.22. The smallest absolute Gasteiger partial charge is 0.262 e. The molecule has 3 heterocycles. The Kier molecular flexibility index (Phi) is 9.19. The second-order valence-corrected chi connectivity index (χ2v) is 10.3. The van der Waals surface area contributed by atoms with Gasteiger partial charge in [-0.2, -0.15) is 5.10 Å². The van der Waals surface area contributed by atoms with Crippen molar-refractivity contribution in [1.82, 2.24) is 19.4 Å². The zero-order valence-electron chi connectivity index (χ0n) is 24.2. The zero-order valence-corrected chi connectivity index (χ0v) is 24.2. The van der Waals surface area contributed by atoms with E-state index in [1.807, 2.05) is 36.0 Å². The highest BCUT2D eigenvalue weighted by Gasteiger charge is 2.37. The number of aryl methyl sites for hydroxylation is 1. The highest BCUT2D eigenvalue weighted by molar-refractivity contribution is 6.03. The van der Waals surface area contributed by atoms with Crippen molar-refractivity contribution in [2.75, 3.05) is 60.2 Å². The van der Waals surface area contributed by atoms with Crippen LogP contribution in [0.15, 0.2) is 65.9 Å². The summed E-state index contributed by atoms with van der Waals surface area (Å²) in [5.41, 5.74) is 2.26. The van der Waals surface area contributed by atoms with Gasteiger partial charge in [0.15, 0.2) is 0 Å². The molecule has 1 aromatic heterocycles. The Labute approximate surface area is 244 Å². The van der Waals surface area contributed by atoms with Crippen LogP contribution in [-0.4, -0.2) is 97.1 Å². The van der Waals surface area contributed by atoms with E-state index in [-0.39, 0.29) is 24.6 Å². The number of carbonyl (C=O) groups excluding carboxylic acids is 2. The maximum atomic E-state index is 14.7. The second kappa shape index (κ2) is 13.2. The number of hydrazone groups is 1. The average Bonchev–Trinajstić information content (AvgIpc) is 3.65. The van der Waals surface area contributed by atoms with Gasteiger partial charge in [0.05, 0.1) is 50.4 Å². The summed E-state index contributed by atoms with van der Waals surface area (Å²) in [6, 6.07) is 14.6. The molecule has 11 heteroatoms. The van der Waals surface area contributed by atoms with Crippen LogP contribution >= 0.6 is 0 Å². The van der Waals surface area contributed by atoms with Gasteiger partial charge in [-0.1, -0.05) is 12.1 Å². The molecule has 2 aliphatic rings. The molecule has 42 heavy (non-hydrogen) atoms. The second-order valence-electron chi connectivity index (χ2n) is 10.3. The molecule has 0 saturated carbocycles. The van der Waals surface area contributed by atoms with Gasteiger partial charge >= 0.3 is 0 Å². The Morgan fingerprint density at radius 2 is 1.86 bits per heavy atom. The van der Waals surface area contributed by atoms with Gasteiger partial charge in [-0.25, -0.2) is 9.40 Å². The summed E-state index contributed by atoms with van der Waals surface area (Å²) in [6.45, 7) is 3.16. The van der Waals surface area contributed by atoms with E-state index in [4.69, 9.17) is 19.3 Å². The summed E-state index contributed by atoms with van der Waals surface area (Å²) >= 11 is 0. The van der Waals surface area contributed by atoms with Gasteiger partial charge in [-0.05, 0) is 42.5 Å². The van der Waals surface area contributed by atoms with E-state index < -0.39 is 17.8 Å². The van der Waals surface area contributed by atoms with Gasteiger partial charge in [-0.15, -0.1) is 0 Å². The molecule has 5 rings (SSSR count). The summed E-state index contributed by atoms with van der Waals surface area (Å²) in [7, 11) is 5.07. The minimum atomic E-state index is -0.629. The van der Waals surface area contributed by atoms with Crippen LogP contribution in [0.5, 0.6) is 11.5 Å². The van der Waals surface area contributed by atoms with E-state index in [1.165, 1.54) is 28.1 Å². The number of rotatable bonds is 10. The first-order chi connectivity index (χ1) is 20.4. The molecule has 0 spiro atoms. The van der Waals surface area contributed by atoms with Gasteiger partial charge < -0.3 is 23.7 Å². The van der Waals surface area contributed by atoms with Gasteiger partial charge in [0.1, 0.15) is 23.9 Å². The maximum Gasteiger partial charge on any atom is 0.262 e. The van der Waals surface area contributed by atoms with Crippen LogP contribution in [0.3, 0.4) is 0 Å². The lowest BCUT2D eigenvalue weighted by Gasteiger charge is -2.31. The minimum absolute atomic E-state index is 0.0762. The molecule has 2 aromatic carbocycles. The first-order valence-corrected chi connectivity index (χ1v) is 14.0. The standard InChI is InChI=1S/C31H36FN5O5/c1-34-12-6-9-27(34)26-20-28(24-19-22(40-2)10-11-29(24)41-3)37(33-26)30(38)21-36(14-13-35-15-17-42-18-16-35)31(39)23-7-4-5-8-25(23)32/h4-12,19,28H,13-18,20-21H2,1-3H3/t28-/m1/s1. The van der Waals surface area contributed by atoms with Crippen LogP contribution in [0.1, 0.15) is 34.1 Å². The zero-order chi connectivity index (χ0) is 29.6. The molecule has 0 aliphatic carbocycles. The molecule has 0 unspecified atom stereocenters. The fourth-order valence-electron chi connectivity index (χ4n) is 5.38. The van der Waals surface area contributed by atoms with Crippen LogP contribution in [-0.2, 0) is 16.6 Å². The molecule has 1 fully saturated rings. The molecule has 10 nitrogen and oxygen atoms in total. The number of halogens is 1. The number of aromatic nitrogens is 1. The summed E-state index contributed by atoms with van der Waals surface area (Å²) in [4.78, 5) is 31.3. The lowest BCUT2D eigenvalue weighted by Crippen LogP contribution is -2.46. The number of hydrogen-bond acceptors (Lipinski definition) is 7. The normalized spacial score (nSPS) is 17.2. The van der Waals surface area contributed by atoms with Crippen molar-refractivity contribution in [2.45, 2.75) is 12.5 Å². The number of morpholine rings is 1. The Morgan fingerprint density at radius 3 is 2.55 bits per heavy atom. The third-order valence-electron chi connectivity index (χ3n) is 7.71. The fraction of sp³-hybridized carbons (Fsp3) is 0.387. The monoisotopic (exact) mass is 577 g/mol. The first kappa shape index (κ1) is 29.3. The van der Waals surface area contributed by atoms with Crippen molar-refractivity contribution in [1.29, 1.82) is 0 Å². The summed E-state index contributed by atoms with van der Waals surface area (Å²) in [5.74, 6) is -0.353. The third kappa shape index (κ3) is 6.32. The molecule has 1 saturated heterocycles. The molecule has 0 bridgehead atoms. The van der Waals surface area contributed by atoms with E-state index >= 15 is 0 Å². The molecule has 0 N–H and O–H groups in total. The van der Waals surface area contributed by atoms with Crippen LogP contribution in [0.2, 0.25) is 0 Å². The molecular formula is C31H36FN5O5. The molecule has 0 radical (unpaired) electrons. The van der Waals surface area contributed by atoms with E-state index in [9.17, 15) is 14.0 Å². The Morgan fingerprint density at radius 1 is 1.07 bits per heavy atom. The Balaban J connectivity index is 1.46. The fourth-order valence-corrected chi connectivity index (χ4v) is 5.38. The predicted molar refractivity (Wildman–Crippen MR) is 155 cm³/mol. The largest absolute Gasteiger partial charge is 0.497 e. The van der Waals surface area contributed by atoms with E-state index in [0.717, 1.165) is 30.1 Å². The van der Waals surface area contributed by atoms with Crippen LogP contribution in [0, 0.1) is 5.82 Å². The van der Waals surface area contributed by atoms with Crippen molar-refractivity contribution >= 4 is 17.5 Å². The van der Waals surface area contributed by atoms with Crippen LogP contribution < -0.4 is 9.47 Å². The van der Waals surface area contributed by atoms with Crippen molar-refractivity contribution < 1.29 is 28.2 Å². The van der Waals surface area contributed by atoms with Gasteiger partial charge in [0.2, 0.25) is 0 Å². The number of amides is 2. The molecule has 222 valence electrons. The maximum absolute atomic E-state index is 14.7. The SMILES string of the molecule is COc1ccc(OC)c([C@H]2CC(c3cccn3C)=NN2C(=O)CN(CCN2CCOCC2)C(=O)c2ccccc2F)c1. The van der Waals surface area contributed by atoms with E-state index in [0.29, 0.717) is 37.7 Å². The quantitative estimate of drug-likeness (QED) is 0.367. The molecular weight excluding hydrogens is 541 g/mol. The lowest BCUT2D eigenvalue weighted by molar-refractivity contribution is -0.133. The Bertz CT molecular complexity index is 1450. The minimum Gasteiger partial charge on any atom is -0.497 e. The summed E-state index contributed by atoms with van der Waals surface area (Å²) in [6.07, 6.45) is 2.35. The van der Waals surface area contributed by atoms with E-state index in [1.54, 1.807) is 32.4 Å². The summed E-state index contributed by atoms with van der Waals surface area (Å²) in [5, 5.41) is 6.20. The van der Waals surface area contributed by atoms with Gasteiger partial charge in [0, 0.05) is 51.4 Å². The van der Waals surface area contributed by atoms with Crippen LogP contribution in [0.4, 0.5) is 4.39 Å². The molecule has 2 aliphatic heterocycles. The number of hydrogen-bond donors (Lipinski definition) is 0. The highest BCUT2D eigenvalue weighted by atomic mass is 19.1.